The summed E-state index contributed by atoms with van der Waals surface area (Å²) in [5, 5.41) is 0.624. The quantitative estimate of drug-likeness (QED) is 0.834. The molecule has 0 radical (unpaired) electrons. The van der Waals surface area contributed by atoms with Crippen LogP contribution >= 0.6 is 11.6 Å². The number of benzene rings is 2. The van der Waals surface area contributed by atoms with E-state index in [1.165, 1.54) is 0 Å². The topological polar surface area (TPSA) is 72.2 Å². The van der Waals surface area contributed by atoms with Crippen molar-refractivity contribution in [3.63, 3.8) is 0 Å². The van der Waals surface area contributed by atoms with E-state index in [-0.39, 0.29) is 12.3 Å². The third kappa shape index (κ3) is 4.52. The van der Waals surface area contributed by atoms with Crippen molar-refractivity contribution >= 4 is 27.3 Å². The van der Waals surface area contributed by atoms with Gasteiger partial charge < -0.3 is 5.73 Å². The first kappa shape index (κ1) is 14.8. The van der Waals surface area contributed by atoms with Crippen LogP contribution in [0.15, 0.2) is 48.5 Å². The summed E-state index contributed by atoms with van der Waals surface area (Å²) in [6.45, 7) is 0.245. The lowest BCUT2D eigenvalue weighted by molar-refractivity contribution is 0.580. The van der Waals surface area contributed by atoms with Crippen LogP contribution in [-0.4, -0.2) is 8.42 Å². The van der Waals surface area contributed by atoms with Gasteiger partial charge in [-0.1, -0.05) is 35.9 Å². The molecule has 0 atom stereocenters. The van der Waals surface area contributed by atoms with Crippen molar-refractivity contribution in [1.82, 2.24) is 4.72 Å². The average Bonchev–Trinajstić information content (AvgIpc) is 2.41. The Morgan fingerprint density at radius 2 is 1.50 bits per heavy atom. The van der Waals surface area contributed by atoms with Crippen molar-refractivity contribution in [3.05, 3.63) is 64.7 Å². The zero-order chi connectivity index (χ0) is 14.6. The number of rotatable bonds is 5. The SMILES string of the molecule is Nc1ccc(CS(=O)(=O)NCc2ccc(Cl)cc2)cc1. The van der Waals surface area contributed by atoms with E-state index in [1.54, 1.807) is 48.5 Å². The molecule has 0 heterocycles. The van der Waals surface area contributed by atoms with E-state index in [4.69, 9.17) is 17.3 Å². The molecule has 2 rings (SSSR count). The van der Waals surface area contributed by atoms with Crippen LogP contribution in [0.2, 0.25) is 5.02 Å². The van der Waals surface area contributed by atoms with Crippen molar-refractivity contribution in [3.8, 4) is 0 Å². The Hall–Kier alpha value is -1.56. The molecule has 0 unspecified atom stereocenters. The van der Waals surface area contributed by atoms with Gasteiger partial charge in [0.05, 0.1) is 5.75 Å². The van der Waals surface area contributed by atoms with Crippen molar-refractivity contribution < 1.29 is 8.42 Å². The summed E-state index contributed by atoms with van der Waals surface area (Å²) in [5.74, 6) is -0.0686. The molecular formula is C14H15ClN2O2S. The Balaban J connectivity index is 1.97. The molecule has 0 aliphatic heterocycles. The molecule has 0 aromatic heterocycles. The van der Waals surface area contributed by atoms with E-state index in [0.717, 1.165) is 5.56 Å². The van der Waals surface area contributed by atoms with Crippen molar-refractivity contribution in [2.45, 2.75) is 12.3 Å². The van der Waals surface area contributed by atoms with Crippen molar-refractivity contribution in [2.24, 2.45) is 0 Å². The van der Waals surface area contributed by atoms with Gasteiger partial charge in [0.1, 0.15) is 0 Å². The molecule has 0 saturated heterocycles. The second kappa shape index (κ2) is 6.26. The maximum absolute atomic E-state index is 12.0. The van der Waals surface area contributed by atoms with Gasteiger partial charge >= 0.3 is 0 Å². The van der Waals surface area contributed by atoms with Crippen LogP contribution in [0.5, 0.6) is 0 Å². The molecule has 0 spiro atoms. The molecule has 2 aromatic rings. The van der Waals surface area contributed by atoms with Crippen LogP contribution < -0.4 is 10.5 Å². The largest absolute Gasteiger partial charge is 0.399 e. The van der Waals surface area contributed by atoms with Crippen LogP contribution in [0.3, 0.4) is 0 Å². The molecule has 0 amide bonds. The summed E-state index contributed by atoms with van der Waals surface area (Å²) in [4.78, 5) is 0. The molecule has 4 nitrogen and oxygen atoms in total. The highest BCUT2D eigenvalue weighted by Gasteiger charge is 2.11. The first-order valence-corrected chi connectivity index (χ1v) is 8.04. The van der Waals surface area contributed by atoms with E-state index in [0.29, 0.717) is 16.3 Å². The van der Waals surface area contributed by atoms with Crippen LogP contribution in [0.4, 0.5) is 5.69 Å². The Labute approximate surface area is 123 Å². The Kier molecular flexibility index (Phi) is 4.65. The van der Waals surface area contributed by atoms with E-state index < -0.39 is 10.0 Å². The zero-order valence-corrected chi connectivity index (χ0v) is 12.3. The number of anilines is 1. The smallest absolute Gasteiger partial charge is 0.216 e. The summed E-state index contributed by atoms with van der Waals surface area (Å²) in [5.41, 5.74) is 7.73. The molecular weight excluding hydrogens is 296 g/mol. The average molecular weight is 311 g/mol. The van der Waals surface area contributed by atoms with Crippen LogP contribution in [-0.2, 0) is 22.3 Å². The number of nitrogens with two attached hydrogens (primary N) is 1. The molecule has 0 bridgehead atoms. The molecule has 3 N–H and O–H groups in total. The number of nitrogen functional groups attached to an aromatic ring is 1. The van der Waals surface area contributed by atoms with Gasteiger partial charge in [-0.2, -0.15) is 0 Å². The number of hydrogen-bond donors (Lipinski definition) is 2. The summed E-state index contributed by atoms with van der Waals surface area (Å²) in [7, 11) is -3.38. The highest BCUT2D eigenvalue weighted by atomic mass is 35.5. The minimum Gasteiger partial charge on any atom is -0.399 e. The predicted molar refractivity (Wildman–Crippen MR) is 81.8 cm³/mol. The molecule has 2 aromatic carbocycles. The van der Waals surface area contributed by atoms with E-state index in [2.05, 4.69) is 4.72 Å². The van der Waals surface area contributed by atoms with Gasteiger partial charge in [-0.15, -0.1) is 0 Å². The maximum Gasteiger partial charge on any atom is 0.216 e. The fraction of sp³-hybridized carbons (Fsp3) is 0.143. The first-order valence-electron chi connectivity index (χ1n) is 6.01. The van der Waals surface area contributed by atoms with Gasteiger partial charge in [0.25, 0.3) is 0 Å². The molecule has 0 aliphatic rings. The summed E-state index contributed by atoms with van der Waals surface area (Å²) in [6, 6.07) is 13.8. The Morgan fingerprint density at radius 3 is 2.10 bits per heavy atom. The van der Waals surface area contributed by atoms with Gasteiger partial charge in [-0.3, -0.25) is 0 Å². The van der Waals surface area contributed by atoms with E-state index >= 15 is 0 Å². The number of halogens is 1. The highest BCUT2D eigenvalue weighted by Crippen LogP contribution is 2.11. The Morgan fingerprint density at radius 1 is 0.950 bits per heavy atom. The second-order valence-corrected chi connectivity index (χ2v) is 6.69. The lowest BCUT2D eigenvalue weighted by Gasteiger charge is -2.07. The second-order valence-electron chi connectivity index (χ2n) is 4.45. The van der Waals surface area contributed by atoms with Crippen molar-refractivity contribution in [2.75, 3.05) is 5.73 Å². The van der Waals surface area contributed by atoms with E-state index in [9.17, 15) is 8.42 Å². The monoisotopic (exact) mass is 310 g/mol. The maximum atomic E-state index is 12.0. The molecule has 106 valence electrons. The lowest BCUT2D eigenvalue weighted by atomic mass is 10.2. The van der Waals surface area contributed by atoms with Gasteiger partial charge in [-0.05, 0) is 35.4 Å². The van der Waals surface area contributed by atoms with Gasteiger partial charge in [0.15, 0.2) is 0 Å². The summed E-state index contributed by atoms with van der Waals surface area (Å²) >= 11 is 5.77. The first-order chi connectivity index (χ1) is 9.44. The third-order valence-corrected chi connectivity index (χ3v) is 4.30. The van der Waals surface area contributed by atoms with Crippen LogP contribution in [0, 0.1) is 0 Å². The fourth-order valence-electron chi connectivity index (χ4n) is 1.68. The number of sulfonamides is 1. The van der Waals surface area contributed by atoms with Crippen LogP contribution in [0.1, 0.15) is 11.1 Å². The number of nitrogens with one attached hydrogen (secondary N) is 1. The molecule has 0 fully saturated rings. The third-order valence-electron chi connectivity index (χ3n) is 2.75. The van der Waals surface area contributed by atoms with Gasteiger partial charge in [0.2, 0.25) is 10.0 Å². The zero-order valence-electron chi connectivity index (χ0n) is 10.7. The summed E-state index contributed by atoms with van der Waals surface area (Å²) in [6.07, 6.45) is 0. The minimum absolute atomic E-state index is 0.0686. The van der Waals surface area contributed by atoms with Gasteiger partial charge in [0, 0.05) is 17.3 Å². The fourth-order valence-corrected chi connectivity index (χ4v) is 2.93. The lowest BCUT2D eigenvalue weighted by Crippen LogP contribution is -2.24. The molecule has 0 saturated carbocycles. The molecule has 6 heteroatoms. The minimum atomic E-state index is -3.38. The van der Waals surface area contributed by atoms with Crippen molar-refractivity contribution in [1.29, 1.82) is 0 Å². The summed E-state index contributed by atoms with van der Waals surface area (Å²) < 4.78 is 26.5. The predicted octanol–water partition coefficient (Wildman–Crippen LogP) is 2.54. The molecule has 20 heavy (non-hydrogen) atoms. The molecule has 0 aliphatic carbocycles. The number of hydrogen-bond acceptors (Lipinski definition) is 3. The normalized spacial score (nSPS) is 11.4. The highest BCUT2D eigenvalue weighted by molar-refractivity contribution is 7.88. The standard InChI is InChI=1S/C14H15ClN2O2S/c15-13-5-1-11(2-6-13)9-17-20(18,19)10-12-3-7-14(16)8-4-12/h1-8,17H,9-10,16H2. The van der Waals surface area contributed by atoms with Crippen LogP contribution in [0.25, 0.3) is 0 Å². The van der Waals surface area contributed by atoms with E-state index in [1.807, 2.05) is 0 Å². The Bertz CT molecular complexity index is 667. The van der Waals surface area contributed by atoms with Gasteiger partial charge in [-0.25, -0.2) is 13.1 Å².